The van der Waals surface area contributed by atoms with Crippen LogP contribution in [-0.4, -0.2) is 31.0 Å². The van der Waals surface area contributed by atoms with Crippen LogP contribution in [0.25, 0.3) is 0 Å². The Balaban J connectivity index is 2.66. The van der Waals surface area contributed by atoms with Crippen molar-refractivity contribution in [2.24, 2.45) is 0 Å². The maximum atomic E-state index is 11.0. The summed E-state index contributed by atoms with van der Waals surface area (Å²) >= 11 is 1.46. The van der Waals surface area contributed by atoms with Crippen LogP contribution in [-0.2, 0) is 16.6 Å². The highest BCUT2D eigenvalue weighted by Gasteiger charge is 2.11. The predicted octanol–water partition coefficient (Wildman–Crippen LogP) is 0.535. The topological polar surface area (TPSA) is 50.3 Å². The summed E-state index contributed by atoms with van der Waals surface area (Å²) in [4.78, 5) is 3.98. The normalized spacial score (nSPS) is 12.2. The molecular formula is C6H10N2O2S2. The van der Waals surface area contributed by atoms with Crippen LogP contribution in [0.15, 0.2) is 10.9 Å². The van der Waals surface area contributed by atoms with Crippen molar-refractivity contribution in [3.63, 3.8) is 0 Å². The molecule has 1 rings (SSSR count). The smallest absolute Gasteiger partial charge is 0.211 e. The van der Waals surface area contributed by atoms with Crippen molar-refractivity contribution in [1.82, 2.24) is 9.29 Å². The van der Waals surface area contributed by atoms with Crippen LogP contribution < -0.4 is 0 Å². The number of rotatable bonds is 3. The Kier molecular flexibility index (Phi) is 2.81. The second kappa shape index (κ2) is 3.51. The number of thiazole rings is 1. The maximum absolute atomic E-state index is 11.0. The molecule has 0 bridgehead atoms. The van der Waals surface area contributed by atoms with Crippen molar-refractivity contribution in [2.45, 2.75) is 6.54 Å². The number of sulfonamides is 1. The van der Waals surface area contributed by atoms with E-state index in [2.05, 4.69) is 4.98 Å². The molecule has 0 aliphatic rings. The fourth-order valence-corrected chi connectivity index (χ4v) is 1.58. The van der Waals surface area contributed by atoms with Crippen molar-refractivity contribution >= 4 is 21.4 Å². The Morgan fingerprint density at radius 2 is 2.33 bits per heavy atom. The van der Waals surface area contributed by atoms with Gasteiger partial charge in [0, 0.05) is 12.4 Å². The highest BCUT2D eigenvalue weighted by Crippen LogP contribution is 2.05. The minimum absolute atomic E-state index is 0.350. The first kappa shape index (κ1) is 9.63. The molecule has 0 aliphatic heterocycles. The summed E-state index contributed by atoms with van der Waals surface area (Å²) < 4.78 is 23.2. The van der Waals surface area contributed by atoms with Crippen LogP contribution >= 0.6 is 11.3 Å². The highest BCUT2D eigenvalue weighted by molar-refractivity contribution is 7.88. The van der Waals surface area contributed by atoms with Crippen molar-refractivity contribution in [1.29, 1.82) is 0 Å². The Bertz CT molecular complexity index is 330. The highest BCUT2D eigenvalue weighted by atomic mass is 32.2. The molecule has 0 saturated carbocycles. The Labute approximate surface area is 75.9 Å². The zero-order valence-corrected chi connectivity index (χ0v) is 8.52. The summed E-state index contributed by atoms with van der Waals surface area (Å²) in [6, 6.07) is 0. The molecular weight excluding hydrogens is 196 g/mol. The van der Waals surface area contributed by atoms with Gasteiger partial charge in [0.05, 0.1) is 24.0 Å². The molecule has 1 aromatic heterocycles. The van der Waals surface area contributed by atoms with Gasteiger partial charge in [-0.25, -0.2) is 13.4 Å². The zero-order valence-electron chi connectivity index (χ0n) is 6.89. The average Bonchev–Trinajstić information content (AvgIpc) is 2.37. The van der Waals surface area contributed by atoms with Crippen LogP contribution in [0.2, 0.25) is 0 Å². The lowest BCUT2D eigenvalue weighted by Crippen LogP contribution is -2.24. The van der Waals surface area contributed by atoms with Gasteiger partial charge in [-0.3, -0.25) is 0 Å². The third-order valence-electron chi connectivity index (χ3n) is 1.43. The molecule has 0 amide bonds. The minimum atomic E-state index is -3.08. The summed E-state index contributed by atoms with van der Waals surface area (Å²) in [5.41, 5.74) is 2.47. The largest absolute Gasteiger partial charge is 0.248 e. The summed E-state index contributed by atoms with van der Waals surface area (Å²) in [5.74, 6) is 0. The molecule has 0 aromatic carbocycles. The monoisotopic (exact) mass is 206 g/mol. The third-order valence-corrected chi connectivity index (χ3v) is 3.33. The lowest BCUT2D eigenvalue weighted by Gasteiger charge is -2.11. The minimum Gasteiger partial charge on any atom is -0.248 e. The molecule has 68 valence electrons. The van der Waals surface area contributed by atoms with Gasteiger partial charge >= 0.3 is 0 Å². The van der Waals surface area contributed by atoms with E-state index in [1.165, 1.54) is 28.9 Å². The predicted molar refractivity (Wildman–Crippen MR) is 48.4 cm³/mol. The van der Waals surface area contributed by atoms with E-state index < -0.39 is 10.0 Å². The number of aromatic nitrogens is 1. The first-order chi connectivity index (χ1) is 5.50. The van der Waals surface area contributed by atoms with Crippen molar-refractivity contribution < 1.29 is 8.42 Å². The lowest BCUT2D eigenvalue weighted by atomic mass is 10.5. The molecule has 1 aromatic rings. The van der Waals surface area contributed by atoms with Crippen LogP contribution in [0, 0.1) is 0 Å². The number of hydrogen-bond donors (Lipinski definition) is 0. The Hall–Kier alpha value is -0.460. The van der Waals surface area contributed by atoms with Crippen molar-refractivity contribution in [3.8, 4) is 0 Å². The van der Waals surface area contributed by atoms with E-state index in [1.54, 1.807) is 5.51 Å². The van der Waals surface area contributed by atoms with Gasteiger partial charge in [-0.05, 0) is 0 Å². The second-order valence-corrected chi connectivity index (χ2v) is 5.31. The fourth-order valence-electron chi connectivity index (χ4n) is 0.661. The van der Waals surface area contributed by atoms with Gasteiger partial charge in [0.25, 0.3) is 0 Å². The average molecular weight is 206 g/mol. The third kappa shape index (κ3) is 2.54. The first-order valence-corrected chi connectivity index (χ1v) is 6.07. The Morgan fingerprint density at radius 1 is 1.67 bits per heavy atom. The van der Waals surface area contributed by atoms with E-state index in [4.69, 9.17) is 0 Å². The van der Waals surface area contributed by atoms with Crippen LogP contribution in [0.1, 0.15) is 5.69 Å². The van der Waals surface area contributed by atoms with Crippen LogP contribution in [0.4, 0.5) is 0 Å². The molecule has 4 nitrogen and oxygen atoms in total. The maximum Gasteiger partial charge on any atom is 0.211 e. The van der Waals surface area contributed by atoms with E-state index in [1.807, 2.05) is 5.38 Å². The van der Waals surface area contributed by atoms with Gasteiger partial charge in [0.2, 0.25) is 10.0 Å². The van der Waals surface area contributed by atoms with Gasteiger partial charge in [-0.2, -0.15) is 4.31 Å². The lowest BCUT2D eigenvalue weighted by molar-refractivity contribution is 0.468. The van der Waals surface area contributed by atoms with Gasteiger partial charge < -0.3 is 0 Å². The van der Waals surface area contributed by atoms with E-state index >= 15 is 0 Å². The van der Waals surface area contributed by atoms with Gasteiger partial charge in [0.1, 0.15) is 0 Å². The fraction of sp³-hybridized carbons (Fsp3) is 0.500. The van der Waals surface area contributed by atoms with Gasteiger partial charge in [-0.1, -0.05) is 0 Å². The quantitative estimate of drug-likeness (QED) is 0.725. The summed E-state index contributed by atoms with van der Waals surface area (Å²) in [5, 5.41) is 1.84. The van der Waals surface area contributed by atoms with Gasteiger partial charge in [0.15, 0.2) is 0 Å². The number of hydrogen-bond acceptors (Lipinski definition) is 4. The standard InChI is InChI=1S/C6H10N2O2S2/c1-8(12(2,9)10)3-6-4-11-5-7-6/h4-5H,3H2,1-2H3. The molecule has 6 heteroatoms. The first-order valence-electron chi connectivity index (χ1n) is 3.28. The Morgan fingerprint density at radius 3 is 2.75 bits per heavy atom. The van der Waals surface area contributed by atoms with Crippen LogP contribution in [0.3, 0.4) is 0 Å². The summed E-state index contributed by atoms with van der Waals surface area (Å²) in [6.07, 6.45) is 1.18. The number of nitrogens with zero attached hydrogens (tertiary/aromatic N) is 2. The molecule has 0 aliphatic carbocycles. The van der Waals surface area contributed by atoms with Crippen molar-refractivity contribution in [3.05, 3.63) is 16.6 Å². The summed E-state index contributed by atoms with van der Waals surface area (Å²) in [6.45, 7) is 0.350. The molecule has 0 spiro atoms. The summed E-state index contributed by atoms with van der Waals surface area (Å²) in [7, 11) is -1.54. The molecule has 1 heterocycles. The molecule has 0 saturated heterocycles. The van der Waals surface area contributed by atoms with Gasteiger partial charge in [-0.15, -0.1) is 11.3 Å². The molecule has 0 radical (unpaired) electrons. The van der Waals surface area contributed by atoms with E-state index in [0.29, 0.717) is 6.54 Å². The molecule has 0 fully saturated rings. The van der Waals surface area contributed by atoms with E-state index in [-0.39, 0.29) is 0 Å². The van der Waals surface area contributed by atoms with Crippen molar-refractivity contribution in [2.75, 3.05) is 13.3 Å². The van der Waals surface area contributed by atoms with E-state index in [0.717, 1.165) is 5.69 Å². The van der Waals surface area contributed by atoms with E-state index in [9.17, 15) is 8.42 Å². The SMILES string of the molecule is CN(Cc1cscn1)S(C)(=O)=O. The molecule has 0 N–H and O–H groups in total. The zero-order chi connectivity index (χ0) is 9.19. The van der Waals surface area contributed by atoms with Crippen LogP contribution in [0.5, 0.6) is 0 Å². The molecule has 12 heavy (non-hydrogen) atoms. The molecule has 0 unspecified atom stereocenters. The second-order valence-electron chi connectivity index (χ2n) is 2.50. The molecule has 0 atom stereocenters.